The number of carbonyl (C=O) groups is 1. The van der Waals surface area contributed by atoms with Gasteiger partial charge in [-0.15, -0.1) is 11.3 Å². The Balaban J connectivity index is 1.36. The molecule has 5 rings (SSSR count). The Hall–Kier alpha value is -3.31. The maximum atomic E-state index is 12.9. The molecule has 0 fully saturated rings. The van der Waals surface area contributed by atoms with Gasteiger partial charge in [0.25, 0.3) is 5.91 Å². The molecule has 1 N–H and O–H groups in total. The van der Waals surface area contributed by atoms with Crippen LogP contribution in [-0.2, 0) is 0 Å². The lowest BCUT2D eigenvalue weighted by Gasteiger charge is -2.16. The Labute approximate surface area is 172 Å². The summed E-state index contributed by atoms with van der Waals surface area (Å²) in [5, 5.41) is 5.47. The summed E-state index contributed by atoms with van der Waals surface area (Å²) in [5.41, 5.74) is 2.13. The molecule has 0 aliphatic carbocycles. The molecular weight excluding hydrogens is 382 g/mol. The molecule has 0 bridgehead atoms. The van der Waals surface area contributed by atoms with Crippen LogP contribution in [0.3, 0.4) is 0 Å². The number of rotatable bonds is 4. The molecule has 0 spiro atoms. The quantitative estimate of drug-likeness (QED) is 0.471. The summed E-state index contributed by atoms with van der Waals surface area (Å²) in [6, 6.07) is 24.0. The van der Waals surface area contributed by atoms with Gasteiger partial charge in [0.1, 0.15) is 0 Å². The number of fused-ring (bicyclic) bond motifs is 2. The van der Waals surface area contributed by atoms with Gasteiger partial charge in [0.2, 0.25) is 6.79 Å². The average Bonchev–Trinajstić information content (AvgIpc) is 3.42. The van der Waals surface area contributed by atoms with Gasteiger partial charge in [-0.3, -0.25) is 4.79 Å². The van der Waals surface area contributed by atoms with E-state index in [9.17, 15) is 4.79 Å². The SMILES string of the molecule is C[C@@H](NC(=O)c1ccc(-c2ccc3c(c2)OCO3)s1)c1cccc2ccccc12. The molecule has 4 nitrogen and oxygen atoms in total. The largest absolute Gasteiger partial charge is 0.454 e. The second-order valence-corrected chi connectivity index (χ2v) is 8.08. The third kappa shape index (κ3) is 3.34. The number of carbonyl (C=O) groups excluding carboxylic acids is 1. The highest BCUT2D eigenvalue weighted by atomic mass is 32.1. The molecule has 1 aromatic heterocycles. The van der Waals surface area contributed by atoms with Crippen LogP contribution in [0, 0.1) is 0 Å². The van der Waals surface area contributed by atoms with Gasteiger partial charge in [0, 0.05) is 4.88 Å². The Kier molecular flexibility index (Phi) is 4.45. The highest BCUT2D eigenvalue weighted by molar-refractivity contribution is 7.17. The number of thiophene rings is 1. The predicted molar refractivity (Wildman–Crippen MR) is 116 cm³/mol. The van der Waals surface area contributed by atoms with E-state index >= 15 is 0 Å². The van der Waals surface area contributed by atoms with Gasteiger partial charge in [0.15, 0.2) is 11.5 Å². The van der Waals surface area contributed by atoms with Gasteiger partial charge in [0.05, 0.1) is 10.9 Å². The second kappa shape index (κ2) is 7.26. The van der Waals surface area contributed by atoms with E-state index in [4.69, 9.17) is 9.47 Å². The minimum Gasteiger partial charge on any atom is -0.454 e. The Morgan fingerprint density at radius 2 is 1.79 bits per heavy atom. The van der Waals surface area contributed by atoms with Crippen LogP contribution in [0.5, 0.6) is 11.5 Å². The Morgan fingerprint density at radius 3 is 2.72 bits per heavy atom. The second-order valence-electron chi connectivity index (χ2n) is 7.00. The minimum atomic E-state index is -0.0929. The van der Waals surface area contributed by atoms with E-state index in [0.717, 1.165) is 32.9 Å². The maximum absolute atomic E-state index is 12.9. The highest BCUT2D eigenvalue weighted by Gasteiger charge is 2.18. The van der Waals surface area contributed by atoms with Gasteiger partial charge in [-0.05, 0) is 59.2 Å². The Bertz CT molecular complexity index is 1210. The zero-order valence-corrected chi connectivity index (χ0v) is 16.7. The summed E-state index contributed by atoms with van der Waals surface area (Å²) in [5.74, 6) is 1.43. The van der Waals surface area contributed by atoms with Crippen LogP contribution in [0.15, 0.2) is 72.8 Å². The summed E-state index contributed by atoms with van der Waals surface area (Å²) >= 11 is 1.47. The molecule has 1 aliphatic rings. The molecule has 2 heterocycles. The molecule has 3 aromatic carbocycles. The lowest BCUT2D eigenvalue weighted by Crippen LogP contribution is -2.26. The van der Waals surface area contributed by atoms with Crippen molar-refractivity contribution in [1.82, 2.24) is 5.32 Å². The lowest BCUT2D eigenvalue weighted by atomic mass is 10.00. The van der Waals surface area contributed by atoms with Crippen LogP contribution in [0.25, 0.3) is 21.2 Å². The van der Waals surface area contributed by atoms with Gasteiger partial charge in [-0.25, -0.2) is 0 Å². The molecule has 0 radical (unpaired) electrons. The van der Waals surface area contributed by atoms with E-state index in [-0.39, 0.29) is 18.7 Å². The number of ether oxygens (including phenoxy) is 2. The van der Waals surface area contributed by atoms with Crippen molar-refractivity contribution in [3.05, 3.63) is 83.2 Å². The fourth-order valence-corrected chi connectivity index (χ4v) is 4.54. The highest BCUT2D eigenvalue weighted by Crippen LogP contribution is 2.38. The van der Waals surface area contributed by atoms with Crippen molar-refractivity contribution in [2.24, 2.45) is 0 Å². The van der Waals surface area contributed by atoms with Crippen LogP contribution in [0.2, 0.25) is 0 Å². The smallest absolute Gasteiger partial charge is 0.261 e. The van der Waals surface area contributed by atoms with Gasteiger partial charge in [-0.1, -0.05) is 42.5 Å². The molecular formula is C24H19NO3S. The molecule has 1 aliphatic heterocycles. The lowest BCUT2D eigenvalue weighted by molar-refractivity contribution is 0.0944. The monoisotopic (exact) mass is 401 g/mol. The van der Waals surface area contributed by atoms with Crippen LogP contribution < -0.4 is 14.8 Å². The summed E-state index contributed by atoms with van der Waals surface area (Å²) in [6.45, 7) is 2.27. The van der Waals surface area contributed by atoms with Crippen molar-refractivity contribution in [2.75, 3.05) is 6.79 Å². The number of hydrogen-bond acceptors (Lipinski definition) is 4. The van der Waals surface area contributed by atoms with E-state index in [1.807, 2.05) is 55.5 Å². The van der Waals surface area contributed by atoms with Crippen LogP contribution in [-0.4, -0.2) is 12.7 Å². The van der Waals surface area contributed by atoms with Crippen molar-refractivity contribution in [3.8, 4) is 21.9 Å². The fraction of sp³-hybridized carbons (Fsp3) is 0.125. The number of nitrogens with one attached hydrogen (secondary N) is 1. The number of hydrogen-bond donors (Lipinski definition) is 1. The summed E-state index contributed by atoms with van der Waals surface area (Å²) in [7, 11) is 0. The molecule has 4 aromatic rings. The third-order valence-corrected chi connectivity index (χ3v) is 6.26. The first-order valence-electron chi connectivity index (χ1n) is 9.47. The van der Waals surface area contributed by atoms with Crippen molar-refractivity contribution in [3.63, 3.8) is 0 Å². The molecule has 0 saturated heterocycles. The summed E-state index contributed by atoms with van der Waals surface area (Å²) < 4.78 is 10.8. The van der Waals surface area contributed by atoms with Crippen LogP contribution >= 0.6 is 11.3 Å². The summed E-state index contributed by atoms with van der Waals surface area (Å²) in [6.07, 6.45) is 0. The van der Waals surface area contributed by atoms with Crippen molar-refractivity contribution in [2.45, 2.75) is 13.0 Å². The molecule has 0 saturated carbocycles. The van der Waals surface area contributed by atoms with E-state index in [1.165, 1.54) is 16.7 Å². The number of benzene rings is 3. The van der Waals surface area contributed by atoms with E-state index < -0.39 is 0 Å². The average molecular weight is 401 g/mol. The topological polar surface area (TPSA) is 47.6 Å². The van der Waals surface area contributed by atoms with E-state index in [1.54, 1.807) is 0 Å². The van der Waals surface area contributed by atoms with E-state index in [2.05, 4.69) is 29.6 Å². The van der Waals surface area contributed by atoms with Crippen LogP contribution in [0.1, 0.15) is 28.2 Å². The molecule has 5 heteroatoms. The van der Waals surface area contributed by atoms with Crippen molar-refractivity contribution < 1.29 is 14.3 Å². The van der Waals surface area contributed by atoms with Gasteiger partial charge >= 0.3 is 0 Å². The summed E-state index contributed by atoms with van der Waals surface area (Å²) in [4.78, 5) is 14.6. The van der Waals surface area contributed by atoms with Gasteiger partial charge in [-0.2, -0.15) is 0 Å². The first-order chi connectivity index (χ1) is 14.2. The van der Waals surface area contributed by atoms with E-state index in [0.29, 0.717) is 4.88 Å². The molecule has 1 atom stereocenters. The first-order valence-corrected chi connectivity index (χ1v) is 10.3. The van der Waals surface area contributed by atoms with Crippen molar-refractivity contribution >= 4 is 28.0 Å². The molecule has 144 valence electrons. The van der Waals surface area contributed by atoms with Gasteiger partial charge < -0.3 is 14.8 Å². The standard InChI is InChI=1S/C24H19NO3S/c1-15(18-8-4-6-16-5-2-3-7-19(16)18)25-24(26)23-12-11-22(29-23)17-9-10-20-21(13-17)28-14-27-20/h2-13,15H,14H2,1H3,(H,25,26)/t15-/m1/s1. The number of amides is 1. The fourth-order valence-electron chi connectivity index (χ4n) is 3.64. The predicted octanol–water partition coefficient (Wildman–Crippen LogP) is 5.79. The molecule has 1 amide bonds. The normalized spacial score (nSPS) is 13.4. The van der Waals surface area contributed by atoms with Crippen LogP contribution in [0.4, 0.5) is 0 Å². The van der Waals surface area contributed by atoms with Crippen molar-refractivity contribution in [1.29, 1.82) is 0 Å². The molecule has 29 heavy (non-hydrogen) atoms. The third-order valence-electron chi connectivity index (χ3n) is 5.12. The maximum Gasteiger partial charge on any atom is 0.261 e. The molecule has 0 unspecified atom stereocenters. The first kappa shape index (κ1) is 17.8. The minimum absolute atomic E-state index is 0.0672. The Morgan fingerprint density at radius 1 is 0.966 bits per heavy atom. The zero-order valence-electron chi connectivity index (χ0n) is 15.8. The zero-order chi connectivity index (χ0) is 19.8.